The molecule has 7 heteroatoms. The van der Waals surface area contributed by atoms with E-state index in [2.05, 4.69) is 28.6 Å². The molecule has 0 aliphatic heterocycles. The lowest BCUT2D eigenvalue weighted by atomic mass is 10.2. The second-order valence-electron chi connectivity index (χ2n) is 3.75. The van der Waals surface area contributed by atoms with E-state index in [9.17, 15) is 18.0 Å². The third kappa shape index (κ3) is 4.53. The lowest BCUT2D eigenvalue weighted by Gasteiger charge is -2.19. The summed E-state index contributed by atoms with van der Waals surface area (Å²) in [7, 11) is 1.34. The smallest absolute Gasteiger partial charge is 0.341 e. The van der Waals surface area contributed by atoms with Crippen molar-refractivity contribution in [1.29, 1.82) is 0 Å². The number of hydrogen-bond acceptors (Lipinski definition) is 2. The Bertz CT molecular complexity index is 450. The molecule has 0 saturated carbocycles. The van der Waals surface area contributed by atoms with Gasteiger partial charge < -0.3 is 4.90 Å². The third-order valence-electron chi connectivity index (χ3n) is 2.27. The average molecular weight is 342 g/mol. The van der Waals surface area contributed by atoms with Crippen LogP contribution in [-0.2, 0) is 0 Å². The lowest BCUT2D eigenvalue weighted by Crippen LogP contribution is -2.30. The van der Waals surface area contributed by atoms with E-state index in [0.717, 1.165) is 9.37 Å². The Kier molecular flexibility index (Phi) is 5.10. The molecule has 1 aromatic rings. The first-order chi connectivity index (χ1) is 8.20. The van der Waals surface area contributed by atoms with Gasteiger partial charge in [-0.15, -0.1) is 12.6 Å². The van der Waals surface area contributed by atoms with Crippen LogP contribution in [-0.4, -0.2) is 30.6 Å². The molecular weight excluding hydrogens is 331 g/mol. The number of carbonyl (C=O) groups excluding carboxylic acids is 1. The van der Waals surface area contributed by atoms with Crippen LogP contribution in [0.1, 0.15) is 16.8 Å². The number of nitrogens with zero attached hydrogens (tertiary/aromatic N) is 1. The van der Waals surface area contributed by atoms with Crippen molar-refractivity contribution in [3.05, 3.63) is 28.2 Å². The highest BCUT2D eigenvalue weighted by Gasteiger charge is 2.28. The molecule has 2 nitrogen and oxygen atoms in total. The molecule has 0 heterocycles. The zero-order valence-electron chi connectivity index (χ0n) is 9.46. The topological polar surface area (TPSA) is 20.3 Å². The number of rotatable bonds is 3. The van der Waals surface area contributed by atoms with Crippen LogP contribution in [0.3, 0.4) is 0 Å². The fourth-order valence-electron chi connectivity index (χ4n) is 1.29. The molecule has 0 aromatic heterocycles. The minimum Gasteiger partial charge on any atom is -0.341 e. The van der Waals surface area contributed by atoms with Crippen molar-refractivity contribution >= 4 is 34.5 Å². The van der Waals surface area contributed by atoms with E-state index in [1.807, 2.05) is 0 Å². The van der Waals surface area contributed by atoms with Gasteiger partial charge in [0, 0.05) is 23.0 Å². The maximum Gasteiger partial charge on any atom is 0.390 e. The van der Waals surface area contributed by atoms with Crippen LogP contribution >= 0.6 is 28.6 Å². The Balaban J connectivity index is 2.74. The van der Waals surface area contributed by atoms with Crippen LogP contribution in [0.4, 0.5) is 13.2 Å². The fraction of sp³-hybridized carbons (Fsp3) is 0.364. The van der Waals surface area contributed by atoms with Crippen molar-refractivity contribution in [2.24, 2.45) is 0 Å². The van der Waals surface area contributed by atoms with Gasteiger partial charge in [0.05, 0.1) is 12.0 Å². The predicted molar refractivity (Wildman–Crippen MR) is 69.0 cm³/mol. The molecule has 0 unspecified atom stereocenters. The van der Waals surface area contributed by atoms with E-state index < -0.39 is 18.5 Å². The van der Waals surface area contributed by atoms with Crippen LogP contribution in [0, 0.1) is 0 Å². The monoisotopic (exact) mass is 341 g/mol. The SMILES string of the molecule is CN(CCC(F)(F)F)C(=O)c1ccc(Br)cc1S. The van der Waals surface area contributed by atoms with Crippen molar-refractivity contribution in [3.63, 3.8) is 0 Å². The number of carbonyl (C=O) groups is 1. The van der Waals surface area contributed by atoms with Crippen LogP contribution in [0.2, 0.25) is 0 Å². The maximum atomic E-state index is 12.1. The zero-order valence-corrected chi connectivity index (χ0v) is 11.9. The Morgan fingerprint density at radius 1 is 1.44 bits per heavy atom. The molecule has 100 valence electrons. The molecule has 0 aliphatic rings. The second-order valence-corrected chi connectivity index (χ2v) is 5.15. The number of hydrogen-bond donors (Lipinski definition) is 1. The molecule has 0 N–H and O–H groups in total. The van der Waals surface area contributed by atoms with Gasteiger partial charge >= 0.3 is 6.18 Å². The van der Waals surface area contributed by atoms with Gasteiger partial charge in [-0.05, 0) is 18.2 Å². The number of thiol groups is 1. The van der Waals surface area contributed by atoms with E-state index in [1.54, 1.807) is 12.1 Å². The largest absolute Gasteiger partial charge is 0.390 e. The molecule has 1 amide bonds. The van der Waals surface area contributed by atoms with E-state index >= 15 is 0 Å². The van der Waals surface area contributed by atoms with Gasteiger partial charge in [-0.3, -0.25) is 4.79 Å². The number of amides is 1. The zero-order chi connectivity index (χ0) is 13.9. The molecule has 0 saturated heterocycles. The van der Waals surface area contributed by atoms with Crippen LogP contribution in [0.5, 0.6) is 0 Å². The lowest BCUT2D eigenvalue weighted by molar-refractivity contribution is -0.136. The summed E-state index contributed by atoms with van der Waals surface area (Å²) in [6.45, 7) is -0.369. The molecule has 0 spiro atoms. The van der Waals surface area contributed by atoms with Gasteiger partial charge in [0.2, 0.25) is 0 Å². The van der Waals surface area contributed by atoms with Crippen LogP contribution < -0.4 is 0 Å². The quantitative estimate of drug-likeness (QED) is 0.830. The molecule has 0 aliphatic carbocycles. The van der Waals surface area contributed by atoms with Crippen LogP contribution in [0.25, 0.3) is 0 Å². The van der Waals surface area contributed by atoms with Gasteiger partial charge in [-0.25, -0.2) is 0 Å². The number of alkyl halides is 3. The van der Waals surface area contributed by atoms with E-state index in [1.165, 1.54) is 13.1 Å². The van der Waals surface area contributed by atoms with E-state index in [0.29, 0.717) is 4.90 Å². The Morgan fingerprint density at radius 2 is 2.06 bits per heavy atom. The summed E-state index contributed by atoms with van der Waals surface area (Å²) in [6.07, 6.45) is -5.29. The number of halogens is 4. The minimum atomic E-state index is -4.27. The van der Waals surface area contributed by atoms with Gasteiger partial charge in [0.15, 0.2) is 0 Å². The molecular formula is C11H11BrF3NOS. The predicted octanol–water partition coefficient (Wildman–Crippen LogP) is 3.76. The molecule has 18 heavy (non-hydrogen) atoms. The number of benzene rings is 1. The summed E-state index contributed by atoms with van der Waals surface area (Å²) in [5.74, 6) is -0.475. The molecule has 1 aromatic carbocycles. The first-order valence-corrected chi connectivity index (χ1v) is 6.25. The first kappa shape index (κ1) is 15.4. The first-order valence-electron chi connectivity index (χ1n) is 5.01. The van der Waals surface area contributed by atoms with Crippen molar-refractivity contribution in [2.75, 3.05) is 13.6 Å². The summed E-state index contributed by atoms with van der Waals surface area (Å²) < 4.78 is 36.9. The molecule has 1 rings (SSSR count). The van der Waals surface area contributed by atoms with Crippen molar-refractivity contribution < 1.29 is 18.0 Å². The molecule has 0 atom stereocenters. The second kappa shape index (κ2) is 5.97. The Labute approximate surface area is 117 Å². The maximum absolute atomic E-state index is 12.1. The van der Waals surface area contributed by atoms with Crippen molar-refractivity contribution in [1.82, 2.24) is 4.90 Å². The summed E-state index contributed by atoms with van der Waals surface area (Å²) in [6, 6.07) is 4.79. The summed E-state index contributed by atoms with van der Waals surface area (Å²) in [5.41, 5.74) is 0.284. The minimum absolute atomic E-state index is 0.284. The van der Waals surface area contributed by atoms with E-state index in [4.69, 9.17) is 0 Å². The average Bonchev–Trinajstić information content (AvgIpc) is 2.24. The van der Waals surface area contributed by atoms with Gasteiger partial charge in [-0.2, -0.15) is 13.2 Å². The fourth-order valence-corrected chi connectivity index (χ4v) is 2.13. The van der Waals surface area contributed by atoms with Crippen molar-refractivity contribution in [3.8, 4) is 0 Å². The normalized spacial score (nSPS) is 11.4. The van der Waals surface area contributed by atoms with Crippen molar-refractivity contribution in [2.45, 2.75) is 17.5 Å². The van der Waals surface area contributed by atoms with E-state index in [-0.39, 0.29) is 12.1 Å². The van der Waals surface area contributed by atoms with Gasteiger partial charge in [0.25, 0.3) is 5.91 Å². The molecule has 0 fully saturated rings. The highest BCUT2D eigenvalue weighted by molar-refractivity contribution is 9.10. The molecule has 0 radical (unpaired) electrons. The summed E-state index contributed by atoms with van der Waals surface area (Å²) in [4.78, 5) is 13.4. The molecule has 0 bridgehead atoms. The Hall–Kier alpha value is -0.690. The summed E-state index contributed by atoms with van der Waals surface area (Å²) >= 11 is 7.34. The Morgan fingerprint density at radius 3 is 2.56 bits per heavy atom. The highest BCUT2D eigenvalue weighted by atomic mass is 79.9. The standard InChI is InChI=1S/C11H11BrF3NOS/c1-16(5-4-11(13,14)15)10(17)8-3-2-7(12)6-9(8)18/h2-3,6,18H,4-5H2,1H3. The van der Waals surface area contributed by atoms with Gasteiger partial charge in [0.1, 0.15) is 0 Å². The summed E-state index contributed by atoms with van der Waals surface area (Å²) in [5, 5.41) is 0. The van der Waals surface area contributed by atoms with Gasteiger partial charge in [-0.1, -0.05) is 15.9 Å². The highest BCUT2D eigenvalue weighted by Crippen LogP contribution is 2.23. The third-order valence-corrected chi connectivity index (χ3v) is 3.13. The van der Waals surface area contributed by atoms with Crippen LogP contribution in [0.15, 0.2) is 27.6 Å².